The molecule has 1 aromatic carbocycles. The Morgan fingerprint density at radius 2 is 1.62 bits per heavy atom. The van der Waals surface area contributed by atoms with Gasteiger partial charge in [0.1, 0.15) is 0 Å². The molecule has 0 atom stereocenters. The summed E-state index contributed by atoms with van der Waals surface area (Å²) in [7, 11) is 0. The molecule has 0 fully saturated rings. The summed E-state index contributed by atoms with van der Waals surface area (Å²) in [6.45, 7) is 11.7. The molecule has 0 aliphatic rings. The molecule has 0 saturated carbocycles. The fourth-order valence-electron chi connectivity index (χ4n) is 2.27. The van der Waals surface area contributed by atoms with E-state index >= 15 is 0 Å². The predicted molar refractivity (Wildman–Crippen MR) is 86.1 cm³/mol. The second kappa shape index (κ2) is 10.4. The maximum absolute atomic E-state index is 11.7. The minimum Gasteiger partial charge on any atom is -0.465 e. The van der Waals surface area contributed by atoms with Crippen molar-refractivity contribution in [2.45, 2.75) is 27.3 Å². The Hall–Kier alpha value is -1.39. The number of ether oxygens (including phenoxy) is 1. The van der Waals surface area contributed by atoms with Gasteiger partial charge in [-0.1, -0.05) is 44.2 Å². The van der Waals surface area contributed by atoms with Gasteiger partial charge in [0.15, 0.2) is 0 Å². The summed E-state index contributed by atoms with van der Waals surface area (Å²) in [6, 6.07) is 10.3. The van der Waals surface area contributed by atoms with E-state index in [-0.39, 0.29) is 5.97 Å². The molecule has 1 rings (SSSR count). The highest BCUT2D eigenvalue weighted by Gasteiger charge is 2.13. The van der Waals surface area contributed by atoms with Gasteiger partial charge in [0.25, 0.3) is 0 Å². The molecule has 0 aliphatic carbocycles. The van der Waals surface area contributed by atoms with Crippen LogP contribution in [0, 0.1) is 0 Å². The van der Waals surface area contributed by atoms with Gasteiger partial charge in [-0.05, 0) is 25.6 Å². The molecule has 0 spiro atoms. The van der Waals surface area contributed by atoms with Gasteiger partial charge in [0, 0.05) is 19.6 Å². The maximum atomic E-state index is 11.7. The quantitative estimate of drug-likeness (QED) is 0.620. The van der Waals surface area contributed by atoms with Gasteiger partial charge in [-0.15, -0.1) is 0 Å². The molecule has 0 aromatic heterocycles. The van der Waals surface area contributed by atoms with Crippen LogP contribution in [0.4, 0.5) is 0 Å². The summed E-state index contributed by atoms with van der Waals surface area (Å²) in [5.41, 5.74) is 1.22. The van der Waals surface area contributed by atoms with Crippen molar-refractivity contribution in [2.75, 3.05) is 39.3 Å². The Labute approximate surface area is 128 Å². The fraction of sp³-hybridized carbons (Fsp3) is 0.588. The first-order valence-corrected chi connectivity index (χ1v) is 7.83. The zero-order valence-corrected chi connectivity index (χ0v) is 13.5. The van der Waals surface area contributed by atoms with E-state index in [0.717, 1.165) is 32.7 Å². The number of carbonyl (C=O) groups excluding carboxylic acids is 1. The average Bonchev–Trinajstić information content (AvgIpc) is 2.49. The van der Waals surface area contributed by atoms with Crippen molar-refractivity contribution in [1.82, 2.24) is 9.80 Å². The van der Waals surface area contributed by atoms with Crippen LogP contribution in [-0.2, 0) is 16.1 Å². The third kappa shape index (κ3) is 7.25. The Morgan fingerprint density at radius 1 is 1.00 bits per heavy atom. The highest BCUT2D eigenvalue weighted by molar-refractivity contribution is 5.71. The average molecular weight is 292 g/mol. The molecular weight excluding hydrogens is 264 g/mol. The van der Waals surface area contributed by atoms with E-state index in [2.05, 4.69) is 35.8 Å². The first kappa shape index (κ1) is 17.7. The number of hydrogen-bond acceptors (Lipinski definition) is 4. The first-order valence-electron chi connectivity index (χ1n) is 7.83. The maximum Gasteiger partial charge on any atom is 0.320 e. The summed E-state index contributed by atoms with van der Waals surface area (Å²) in [6.07, 6.45) is 0. The van der Waals surface area contributed by atoms with E-state index in [4.69, 9.17) is 4.74 Å². The Morgan fingerprint density at radius 3 is 2.19 bits per heavy atom. The lowest BCUT2D eigenvalue weighted by molar-refractivity contribution is -0.144. The van der Waals surface area contributed by atoms with Crippen LogP contribution >= 0.6 is 0 Å². The normalized spacial score (nSPS) is 11.1. The van der Waals surface area contributed by atoms with Crippen LogP contribution in [0.15, 0.2) is 30.3 Å². The molecule has 4 heteroatoms. The van der Waals surface area contributed by atoms with Crippen molar-refractivity contribution in [2.24, 2.45) is 0 Å². The standard InChI is InChI=1S/C17H28N2O2/c1-4-18(5-2)12-13-19(15-17(20)21-6-3)14-16-10-8-7-9-11-16/h7-11H,4-6,12-15H2,1-3H3. The number of rotatable bonds is 10. The third-order valence-corrected chi connectivity index (χ3v) is 3.53. The smallest absolute Gasteiger partial charge is 0.320 e. The second-order valence-electron chi connectivity index (χ2n) is 5.03. The molecule has 0 unspecified atom stereocenters. The fourth-order valence-corrected chi connectivity index (χ4v) is 2.27. The molecule has 21 heavy (non-hydrogen) atoms. The van der Waals surface area contributed by atoms with Crippen LogP contribution in [0.1, 0.15) is 26.3 Å². The number of hydrogen-bond donors (Lipinski definition) is 0. The van der Waals surface area contributed by atoms with E-state index < -0.39 is 0 Å². The lowest BCUT2D eigenvalue weighted by atomic mass is 10.2. The Bertz CT molecular complexity index is 391. The monoisotopic (exact) mass is 292 g/mol. The van der Waals surface area contributed by atoms with Gasteiger partial charge in [-0.25, -0.2) is 0 Å². The number of likely N-dealkylation sites (N-methyl/N-ethyl adjacent to an activating group) is 1. The molecule has 0 bridgehead atoms. The largest absolute Gasteiger partial charge is 0.465 e. The Balaban J connectivity index is 2.58. The van der Waals surface area contributed by atoms with Crippen LogP contribution in [0.3, 0.4) is 0 Å². The van der Waals surface area contributed by atoms with Crippen molar-refractivity contribution < 1.29 is 9.53 Å². The van der Waals surface area contributed by atoms with Gasteiger partial charge < -0.3 is 9.64 Å². The Kier molecular flexibility index (Phi) is 8.71. The van der Waals surface area contributed by atoms with Crippen molar-refractivity contribution in [3.63, 3.8) is 0 Å². The van der Waals surface area contributed by atoms with Crippen molar-refractivity contribution in [3.8, 4) is 0 Å². The van der Waals surface area contributed by atoms with Gasteiger partial charge in [-0.2, -0.15) is 0 Å². The topological polar surface area (TPSA) is 32.8 Å². The number of benzene rings is 1. The molecular formula is C17H28N2O2. The molecule has 4 nitrogen and oxygen atoms in total. The highest BCUT2D eigenvalue weighted by Crippen LogP contribution is 2.05. The molecule has 0 radical (unpaired) electrons. The van der Waals surface area contributed by atoms with E-state index in [9.17, 15) is 4.79 Å². The van der Waals surface area contributed by atoms with Crippen molar-refractivity contribution in [1.29, 1.82) is 0 Å². The summed E-state index contributed by atoms with van der Waals surface area (Å²) < 4.78 is 5.08. The van der Waals surface area contributed by atoms with E-state index in [1.165, 1.54) is 5.56 Å². The first-order chi connectivity index (χ1) is 10.2. The molecule has 0 N–H and O–H groups in total. The second-order valence-corrected chi connectivity index (χ2v) is 5.03. The van der Waals surface area contributed by atoms with Crippen LogP contribution in [-0.4, -0.2) is 55.1 Å². The SMILES string of the molecule is CCOC(=O)CN(CCN(CC)CC)Cc1ccccc1. The lowest BCUT2D eigenvalue weighted by Crippen LogP contribution is -2.38. The summed E-state index contributed by atoms with van der Waals surface area (Å²) in [5, 5.41) is 0. The minimum absolute atomic E-state index is 0.145. The van der Waals surface area contributed by atoms with Crippen LogP contribution in [0.5, 0.6) is 0 Å². The van der Waals surface area contributed by atoms with Gasteiger partial charge in [0.05, 0.1) is 13.2 Å². The molecule has 0 saturated heterocycles. The van der Waals surface area contributed by atoms with Crippen LogP contribution in [0.2, 0.25) is 0 Å². The molecule has 0 amide bonds. The molecule has 1 aromatic rings. The van der Waals surface area contributed by atoms with E-state index in [0.29, 0.717) is 13.2 Å². The predicted octanol–water partition coefficient (Wildman–Crippen LogP) is 2.39. The zero-order valence-electron chi connectivity index (χ0n) is 13.5. The highest BCUT2D eigenvalue weighted by atomic mass is 16.5. The number of nitrogens with zero attached hydrogens (tertiary/aromatic N) is 2. The summed E-state index contributed by atoms with van der Waals surface area (Å²) in [5.74, 6) is -0.145. The van der Waals surface area contributed by atoms with Gasteiger partial charge in [0.2, 0.25) is 0 Å². The van der Waals surface area contributed by atoms with Crippen LogP contribution < -0.4 is 0 Å². The van der Waals surface area contributed by atoms with Crippen molar-refractivity contribution in [3.05, 3.63) is 35.9 Å². The molecule has 0 heterocycles. The van der Waals surface area contributed by atoms with Gasteiger partial charge >= 0.3 is 5.97 Å². The minimum atomic E-state index is -0.145. The summed E-state index contributed by atoms with van der Waals surface area (Å²) in [4.78, 5) is 16.3. The van der Waals surface area contributed by atoms with Crippen LogP contribution in [0.25, 0.3) is 0 Å². The van der Waals surface area contributed by atoms with E-state index in [1.807, 2.05) is 25.1 Å². The molecule has 0 aliphatic heterocycles. The van der Waals surface area contributed by atoms with Crippen molar-refractivity contribution >= 4 is 5.97 Å². The third-order valence-electron chi connectivity index (χ3n) is 3.53. The van der Waals surface area contributed by atoms with E-state index in [1.54, 1.807) is 0 Å². The summed E-state index contributed by atoms with van der Waals surface area (Å²) >= 11 is 0. The molecule has 118 valence electrons. The number of carbonyl (C=O) groups is 1. The zero-order chi connectivity index (χ0) is 15.5. The number of esters is 1. The lowest BCUT2D eigenvalue weighted by Gasteiger charge is -2.25. The van der Waals surface area contributed by atoms with Gasteiger partial charge in [-0.3, -0.25) is 9.69 Å².